The van der Waals surface area contributed by atoms with E-state index in [2.05, 4.69) is 32.7 Å². The molecule has 5 atom stereocenters. The lowest BCUT2D eigenvalue weighted by Crippen LogP contribution is -2.51. The molecule has 6 rings (SSSR count). The summed E-state index contributed by atoms with van der Waals surface area (Å²) in [6.45, 7) is 1.74. The molecule has 3 aliphatic rings. The van der Waals surface area contributed by atoms with E-state index in [1.54, 1.807) is 14.7 Å². The van der Waals surface area contributed by atoms with Crippen LogP contribution in [0.2, 0.25) is 0 Å². The Balaban J connectivity index is 1.05. The second kappa shape index (κ2) is 29.5. The number of hydrogen-bond acceptors (Lipinski definition) is 14. The number of urea groups is 1. The number of nitrogens with one attached hydrogen (secondary N) is 5. The van der Waals surface area contributed by atoms with Crippen molar-refractivity contribution in [3.63, 3.8) is 0 Å². The first-order valence-electron chi connectivity index (χ1n) is 26.7. The van der Waals surface area contributed by atoms with Crippen molar-refractivity contribution in [3.05, 3.63) is 60.2 Å². The van der Waals surface area contributed by atoms with Crippen LogP contribution in [0.25, 0.3) is 21.5 Å². The highest BCUT2D eigenvalue weighted by Crippen LogP contribution is 2.41. The van der Waals surface area contributed by atoms with Crippen molar-refractivity contribution in [1.29, 1.82) is 0 Å². The fraction of sp³-hybridized carbons (Fsp3) is 0.556. The molecule has 5 amide bonds. The molecule has 11 N–H and O–H groups in total. The molecule has 79 heavy (non-hydrogen) atoms. The molecular formula is C54H73N9O16. The van der Waals surface area contributed by atoms with E-state index in [1.165, 1.54) is 0 Å². The van der Waals surface area contributed by atoms with E-state index < -0.39 is 84.6 Å². The molecule has 0 aromatic heterocycles. The summed E-state index contributed by atoms with van der Waals surface area (Å²) in [7, 11) is 0. The highest BCUT2D eigenvalue weighted by atomic mass is 16.4. The Kier molecular flexibility index (Phi) is 22.7. The van der Waals surface area contributed by atoms with Crippen molar-refractivity contribution >= 4 is 81.1 Å². The summed E-state index contributed by atoms with van der Waals surface area (Å²) < 4.78 is 0. The Morgan fingerprint density at radius 2 is 1.00 bits per heavy atom. The summed E-state index contributed by atoms with van der Waals surface area (Å²) in [4.78, 5) is 131. The number of carbonyl (C=O) groups excluding carboxylic acids is 4. The van der Waals surface area contributed by atoms with Crippen LogP contribution in [0, 0.1) is 23.7 Å². The first-order chi connectivity index (χ1) is 37.7. The second-order valence-corrected chi connectivity index (χ2v) is 20.9. The molecule has 1 aliphatic heterocycles. The highest BCUT2D eigenvalue weighted by molar-refractivity contribution is 6.03. The molecule has 430 valence electrons. The number of fused-ring (bicyclic) bond motifs is 2. The van der Waals surface area contributed by atoms with Crippen molar-refractivity contribution < 1.29 is 78.6 Å². The lowest BCUT2D eigenvalue weighted by Gasteiger charge is -2.33. The molecule has 2 aliphatic carbocycles. The predicted molar refractivity (Wildman–Crippen MR) is 285 cm³/mol. The summed E-state index contributed by atoms with van der Waals surface area (Å²) in [5.41, 5.74) is 0.867. The first kappa shape index (κ1) is 60.7. The average molecular weight is 1100 g/mol. The Morgan fingerprint density at radius 1 is 0.519 bits per heavy atom. The van der Waals surface area contributed by atoms with Crippen LogP contribution in [0.4, 0.5) is 4.79 Å². The second-order valence-electron chi connectivity index (χ2n) is 20.9. The molecule has 0 radical (unpaired) electrons. The Labute approximate surface area is 456 Å². The normalized spacial score (nSPS) is 21.0. The standard InChI is InChI=1S/C54H73N9O16/c64-45(29-60-15-17-61(30-47(67)68)19-21-63(32-49(71)72)22-20-62(18-16-60)31-48(69)70)55-27-33-9-11-34(12-10-33)50(73)57-43(26-41-39-7-3-1-5-35(39)23-36-6-2-4-8-40(36)41)51(74)56-28-38-24-37(38)25-44(53(77)78)59-54(79)58-42(52(75)76)13-14-46(65)66/h1-8,23,33-34,37-38,42-44H,9-22,24-32H2,(H,55,64)(H,56,74)(H,57,73)(H,65,66)(H,67,68)(H,69,70)(H,71,72)(H,75,76)(H,77,78)(H2,58,59,79)/t33-,34-,37?,38-,42-,43-,44-/m0/s1. The van der Waals surface area contributed by atoms with Gasteiger partial charge in [0.1, 0.15) is 18.1 Å². The number of benzene rings is 3. The van der Waals surface area contributed by atoms with Gasteiger partial charge < -0.3 is 57.2 Å². The molecule has 2 saturated carbocycles. The molecular weight excluding hydrogens is 1030 g/mol. The molecule has 0 bridgehead atoms. The minimum atomic E-state index is -1.56. The van der Waals surface area contributed by atoms with E-state index in [0.717, 1.165) is 27.1 Å². The zero-order valence-electron chi connectivity index (χ0n) is 44.1. The van der Waals surface area contributed by atoms with Crippen molar-refractivity contribution in [2.75, 3.05) is 91.6 Å². The van der Waals surface area contributed by atoms with Crippen molar-refractivity contribution in [2.45, 2.75) is 75.9 Å². The largest absolute Gasteiger partial charge is 0.481 e. The Bertz CT molecular complexity index is 2600. The van der Waals surface area contributed by atoms with Crippen LogP contribution in [0.3, 0.4) is 0 Å². The minimum absolute atomic E-state index is 0.0216. The fourth-order valence-electron chi connectivity index (χ4n) is 10.6. The van der Waals surface area contributed by atoms with Gasteiger partial charge >= 0.3 is 41.8 Å². The van der Waals surface area contributed by atoms with Gasteiger partial charge in [-0.05, 0) is 95.9 Å². The average Bonchev–Trinajstić information content (AvgIpc) is 4.25. The minimum Gasteiger partial charge on any atom is -0.481 e. The van der Waals surface area contributed by atoms with E-state index in [0.29, 0.717) is 51.7 Å². The third-order valence-electron chi connectivity index (χ3n) is 15.1. The van der Waals surface area contributed by atoms with E-state index in [4.69, 9.17) is 5.11 Å². The summed E-state index contributed by atoms with van der Waals surface area (Å²) >= 11 is 0. The number of rotatable bonds is 26. The number of carbonyl (C=O) groups is 10. The number of nitrogens with zero attached hydrogens (tertiary/aromatic N) is 4. The molecule has 1 unspecified atom stereocenters. The van der Waals surface area contributed by atoms with Gasteiger partial charge in [-0.15, -0.1) is 0 Å². The van der Waals surface area contributed by atoms with Gasteiger partial charge in [0, 0.05) is 84.2 Å². The maximum absolute atomic E-state index is 14.3. The van der Waals surface area contributed by atoms with Gasteiger partial charge in [0.25, 0.3) is 0 Å². The number of hydrogen-bond donors (Lipinski definition) is 11. The summed E-state index contributed by atoms with van der Waals surface area (Å²) in [6.07, 6.45) is 1.92. The van der Waals surface area contributed by atoms with E-state index in [9.17, 15) is 73.5 Å². The monoisotopic (exact) mass is 1100 g/mol. The molecule has 25 heteroatoms. The van der Waals surface area contributed by atoms with Gasteiger partial charge in [-0.1, -0.05) is 48.5 Å². The summed E-state index contributed by atoms with van der Waals surface area (Å²) in [6, 6.07) is 12.6. The van der Waals surface area contributed by atoms with Crippen LogP contribution in [-0.4, -0.2) is 220 Å². The lowest BCUT2D eigenvalue weighted by molar-refractivity contribution is -0.141. The summed E-state index contributed by atoms with van der Waals surface area (Å²) in [5, 5.41) is 74.1. The zero-order chi connectivity index (χ0) is 57.2. The third kappa shape index (κ3) is 19.7. The number of amides is 5. The van der Waals surface area contributed by atoms with Gasteiger partial charge in [0.15, 0.2) is 0 Å². The van der Waals surface area contributed by atoms with Crippen molar-refractivity contribution in [2.24, 2.45) is 23.7 Å². The zero-order valence-corrected chi connectivity index (χ0v) is 44.1. The number of carboxylic acid groups (broad SMARTS) is 6. The van der Waals surface area contributed by atoms with Crippen LogP contribution in [0.1, 0.15) is 56.9 Å². The molecule has 3 fully saturated rings. The molecule has 3 aromatic carbocycles. The van der Waals surface area contributed by atoms with E-state index in [1.807, 2.05) is 53.4 Å². The molecule has 3 aromatic rings. The third-order valence-corrected chi connectivity index (χ3v) is 15.1. The molecule has 1 heterocycles. The highest BCUT2D eigenvalue weighted by Gasteiger charge is 2.41. The Morgan fingerprint density at radius 3 is 1.48 bits per heavy atom. The number of carboxylic acids is 6. The van der Waals surface area contributed by atoms with Gasteiger partial charge in [-0.2, -0.15) is 0 Å². The Hall–Kier alpha value is -7.48. The van der Waals surface area contributed by atoms with Crippen molar-refractivity contribution in [3.8, 4) is 0 Å². The maximum Gasteiger partial charge on any atom is 0.326 e. The molecule has 0 spiro atoms. The van der Waals surface area contributed by atoms with Gasteiger partial charge in [0.05, 0.1) is 26.2 Å². The summed E-state index contributed by atoms with van der Waals surface area (Å²) in [5.74, 6) is -9.04. The maximum atomic E-state index is 14.3. The van der Waals surface area contributed by atoms with Gasteiger partial charge in [0.2, 0.25) is 17.7 Å². The van der Waals surface area contributed by atoms with Crippen LogP contribution in [0.5, 0.6) is 0 Å². The molecule has 25 nitrogen and oxygen atoms in total. The predicted octanol–water partition coefficient (Wildman–Crippen LogP) is 0.631. The van der Waals surface area contributed by atoms with Gasteiger partial charge in [-0.3, -0.25) is 53.2 Å². The van der Waals surface area contributed by atoms with E-state index in [-0.39, 0.29) is 114 Å². The first-order valence-corrected chi connectivity index (χ1v) is 26.7. The molecule has 1 saturated heterocycles. The van der Waals surface area contributed by atoms with Gasteiger partial charge in [-0.25, -0.2) is 14.4 Å². The topological polar surface area (TPSA) is 365 Å². The van der Waals surface area contributed by atoms with Crippen LogP contribution in [0.15, 0.2) is 54.6 Å². The number of aliphatic carboxylic acids is 6. The lowest BCUT2D eigenvalue weighted by atomic mass is 9.81. The SMILES string of the molecule is O=C(O)CC[C@H](NC(=O)N[C@@H](CC1C[C@H]1CNC(=O)[C@H](Cc1c2ccccc2cc2ccccc12)NC(=O)[C@H]1CC[C@H](CNC(=O)CN2CCN(CC(=O)O)CCN(CC(=O)O)CCN(CC(=O)O)CC2)CC1)C(=O)O)C(=O)O. The fourth-order valence-corrected chi connectivity index (χ4v) is 10.6. The van der Waals surface area contributed by atoms with Crippen molar-refractivity contribution in [1.82, 2.24) is 46.2 Å². The van der Waals surface area contributed by atoms with Crippen LogP contribution in [-0.2, 0) is 49.6 Å². The smallest absolute Gasteiger partial charge is 0.326 e. The van der Waals surface area contributed by atoms with Crippen LogP contribution < -0.4 is 26.6 Å². The van der Waals surface area contributed by atoms with Crippen LogP contribution >= 0.6 is 0 Å². The quantitative estimate of drug-likeness (QED) is 0.0491. The van der Waals surface area contributed by atoms with E-state index >= 15 is 0 Å².